The van der Waals surface area contributed by atoms with Gasteiger partial charge in [-0.1, -0.05) is 37.3 Å². The maximum atomic E-state index is 5.75. The molecule has 0 radical (unpaired) electrons. The molecule has 112 valence electrons. The topological polar surface area (TPSA) is 42.2 Å². The number of anilines is 1. The first-order chi connectivity index (χ1) is 10.3. The van der Waals surface area contributed by atoms with E-state index in [1.807, 2.05) is 6.20 Å². The fourth-order valence-electron chi connectivity index (χ4n) is 3.53. The van der Waals surface area contributed by atoms with Crippen LogP contribution in [0.15, 0.2) is 36.5 Å². The lowest BCUT2D eigenvalue weighted by Gasteiger charge is -2.31. The predicted molar refractivity (Wildman–Crippen MR) is 89.4 cm³/mol. The van der Waals surface area contributed by atoms with Crippen molar-refractivity contribution in [1.82, 2.24) is 9.88 Å². The van der Waals surface area contributed by atoms with Crippen molar-refractivity contribution in [2.45, 2.75) is 44.7 Å². The van der Waals surface area contributed by atoms with E-state index in [-0.39, 0.29) is 0 Å². The van der Waals surface area contributed by atoms with Crippen LogP contribution in [-0.4, -0.2) is 22.5 Å². The van der Waals surface area contributed by atoms with Crippen molar-refractivity contribution in [2.75, 3.05) is 12.3 Å². The first-order valence-corrected chi connectivity index (χ1v) is 8.58. The third-order valence-electron chi connectivity index (χ3n) is 4.48. The van der Waals surface area contributed by atoms with Crippen molar-refractivity contribution < 1.29 is 0 Å². The van der Waals surface area contributed by atoms with E-state index in [0.717, 1.165) is 6.54 Å². The average molecular weight is 301 g/mol. The Bertz CT molecular complexity index is 566. The Kier molecular flexibility index (Phi) is 4.56. The van der Waals surface area contributed by atoms with Gasteiger partial charge in [-0.25, -0.2) is 4.98 Å². The van der Waals surface area contributed by atoms with Gasteiger partial charge in [-0.15, -0.1) is 11.3 Å². The SMILES string of the molecule is CCC(c1ccccc1)C1CCCN1Cc1cnc(N)s1. The lowest BCUT2D eigenvalue weighted by atomic mass is 9.87. The Balaban J connectivity index is 1.76. The first kappa shape index (κ1) is 14.5. The minimum Gasteiger partial charge on any atom is -0.375 e. The zero-order chi connectivity index (χ0) is 14.7. The quantitative estimate of drug-likeness (QED) is 0.911. The van der Waals surface area contributed by atoms with Gasteiger partial charge in [0.15, 0.2) is 5.13 Å². The lowest BCUT2D eigenvalue weighted by Crippen LogP contribution is -2.33. The van der Waals surface area contributed by atoms with E-state index >= 15 is 0 Å². The predicted octanol–water partition coefficient (Wildman–Crippen LogP) is 3.88. The van der Waals surface area contributed by atoms with Crippen molar-refractivity contribution >= 4 is 16.5 Å². The van der Waals surface area contributed by atoms with Crippen molar-refractivity contribution in [3.8, 4) is 0 Å². The summed E-state index contributed by atoms with van der Waals surface area (Å²) in [5.74, 6) is 0.624. The van der Waals surface area contributed by atoms with Crippen LogP contribution in [0.5, 0.6) is 0 Å². The van der Waals surface area contributed by atoms with Crippen LogP contribution in [0.2, 0.25) is 0 Å². The molecule has 2 N–H and O–H groups in total. The van der Waals surface area contributed by atoms with Crippen LogP contribution in [0.3, 0.4) is 0 Å². The van der Waals surface area contributed by atoms with Crippen LogP contribution in [0.25, 0.3) is 0 Å². The maximum absolute atomic E-state index is 5.75. The minimum absolute atomic E-state index is 0.624. The molecule has 2 aromatic rings. The molecule has 21 heavy (non-hydrogen) atoms. The molecule has 0 saturated carbocycles. The number of nitrogens with two attached hydrogens (primary N) is 1. The van der Waals surface area contributed by atoms with Crippen LogP contribution in [0.4, 0.5) is 5.13 Å². The van der Waals surface area contributed by atoms with Gasteiger partial charge in [0, 0.05) is 23.7 Å². The molecule has 3 rings (SSSR count). The highest BCUT2D eigenvalue weighted by Crippen LogP contribution is 2.35. The van der Waals surface area contributed by atoms with Gasteiger partial charge in [0.2, 0.25) is 0 Å². The third-order valence-corrected chi connectivity index (χ3v) is 5.29. The highest BCUT2D eigenvalue weighted by Gasteiger charge is 2.31. The van der Waals surface area contributed by atoms with Gasteiger partial charge >= 0.3 is 0 Å². The standard InChI is InChI=1S/C17H23N3S/c1-2-15(13-7-4-3-5-8-13)16-9-6-10-20(16)12-14-11-19-17(18)21-14/h3-5,7-8,11,15-16H,2,6,9-10,12H2,1H3,(H2,18,19). The molecular weight excluding hydrogens is 278 g/mol. The monoisotopic (exact) mass is 301 g/mol. The fourth-order valence-corrected chi connectivity index (χ4v) is 4.24. The van der Waals surface area contributed by atoms with Crippen molar-refractivity contribution in [3.63, 3.8) is 0 Å². The van der Waals surface area contributed by atoms with E-state index in [1.165, 1.54) is 36.2 Å². The summed E-state index contributed by atoms with van der Waals surface area (Å²) in [6, 6.07) is 11.6. The van der Waals surface area contributed by atoms with Gasteiger partial charge in [-0.3, -0.25) is 4.90 Å². The normalized spacial score (nSPS) is 20.7. The van der Waals surface area contributed by atoms with Gasteiger partial charge < -0.3 is 5.73 Å². The summed E-state index contributed by atoms with van der Waals surface area (Å²) in [5, 5.41) is 0.677. The van der Waals surface area contributed by atoms with Crippen LogP contribution in [0, 0.1) is 0 Å². The van der Waals surface area contributed by atoms with Crippen molar-refractivity contribution in [3.05, 3.63) is 47.0 Å². The molecule has 1 aliphatic heterocycles. The van der Waals surface area contributed by atoms with E-state index in [0.29, 0.717) is 17.1 Å². The third kappa shape index (κ3) is 3.27. The number of hydrogen-bond acceptors (Lipinski definition) is 4. The molecule has 4 heteroatoms. The molecule has 0 bridgehead atoms. The molecule has 1 aromatic carbocycles. The highest BCUT2D eigenvalue weighted by molar-refractivity contribution is 7.15. The molecule has 2 atom stereocenters. The molecule has 0 amide bonds. The summed E-state index contributed by atoms with van der Waals surface area (Å²) in [5.41, 5.74) is 7.23. The molecular formula is C17H23N3S. The van der Waals surface area contributed by atoms with Crippen molar-refractivity contribution in [1.29, 1.82) is 0 Å². The number of likely N-dealkylation sites (tertiary alicyclic amines) is 1. The van der Waals surface area contributed by atoms with E-state index in [1.54, 1.807) is 11.3 Å². The van der Waals surface area contributed by atoms with E-state index in [9.17, 15) is 0 Å². The molecule has 2 unspecified atom stereocenters. The summed E-state index contributed by atoms with van der Waals surface area (Å²) in [6.45, 7) is 4.48. The largest absolute Gasteiger partial charge is 0.375 e. The van der Waals surface area contributed by atoms with E-state index < -0.39 is 0 Å². The van der Waals surface area contributed by atoms with Crippen molar-refractivity contribution in [2.24, 2.45) is 0 Å². The second-order valence-electron chi connectivity index (χ2n) is 5.77. The lowest BCUT2D eigenvalue weighted by molar-refractivity contribution is 0.214. The Hall–Kier alpha value is -1.39. The molecule has 1 aromatic heterocycles. The molecule has 3 nitrogen and oxygen atoms in total. The van der Waals surface area contributed by atoms with Gasteiger partial charge in [-0.2, -0.15) is 0 Å². The maximum Gasteiger partial charge on any atom is 0.180 e. The summed E-state index contributed by atoms with van der Waals surface area (Å²) in [4.78, 5) is 8.08. The molecule has 1 fully saturated rings. The summed E-state index contributed by atoms with van der Waals surface area (Å²) < 4.78 is 0. The average Bonchev–Trinajstić information content (AvgIpc) is 3.11. The Morgan fingerprint density at radius 3 is 2.86 bits per heavy atom. The van der Waals surface area contributed by atoms with Crippen LogP contribution >= 0.6 is 11.3 Å². The molecule has 1 saturated heterocycles. The fraction of sp³-hybridized carbons (Fsp3) is 0.471. The minimum atomic E-state index is 0.624. The number of hydrogen-bond donors (Lipinski definition) is 1. The number of benzene rings is 1. The van der Waals surface area contributed by atoms with E-state index in [4.69, 9.17) is 5.73 Å². The smallest absolute Gasteiger partial charge is 0.180 e. The van der Waals surface area contributed by atoms with Crippen LogP contribution in [-0.2, 0) is 6.54 Å². The summed E-state index contributed by atoms with van der Waals surface area (Å²) in [6.07, 6.45) is 5.71. The zero-order valence-corrected chi connectivity index (χ0v) is 13.4. The van der Waals surface area contributed by atoms with Gasteiger partial charge in [-0.05, 0) is 37.3 Å². The van der Waals surface area contributed by atoms with Gasteiger partial charge in [0.05, 0.1) is 0 Å². The number of nitrogens with zero attached hydrogens (tertiary/aromatic N) is 2. The molecule has 2 heterocycles. The van der Waals surface area contributed by atoms with E-state index in [2.05, 4.69) is 47.1 Å². The van der Waals surface area contributed by atoms with Gasteiger partial charge in [0.25, 0.3) is 0 Å². The number of aromatic nitrogens is 1. The highest BCUT2D eigenvalue weighted by atomic mass is 32.1. The molecule has 1 aliphatic rings. The first-order valence-electron chi connectivity index (χ1n) is 7.77. The Morgan fingerprint density at radius 1 is 1.38 bits per heavy atom. The zero-order valence-electron chi connectivity index (χ0n) is 12.5. The Labute approximate surface area is 130 Å². The second-order valence-corrected chi connectivity index (χ2v) is 6.92. The van der Waals surface area contributed by atoms with Crippen LogP contribution < -0.4 is 5.73 Å². The van der Waals surface area contributed by atoms with Gasteiger partial charge in [0.1, 0.15) is 0 Å². The second kappa shape index (κ2) is 6.58. The number of rotatable bonds is 5. The number of thiazole rings is 1. The Morgan fingerprint density at radius 2 is 2.19 bits per heavy atom. The summed E-state index contributed by atoms with van der Waals surface area (Å²) >= 11 is 1.62. The summed E-state index contributed by atoms with van der Waals surface area (Å²) in [7, 11) is 0. The van der Waals surface area contributed by atoms with Crippen LogP contribution in [0.1, 0.15) is 42.5 Å². The molecule has 0 spiro atoms. The molecule has 0 aliphatic carbocycles. The number of nitrogen functional groups attached to an aromatic ring is 1.